The van der Waals surface area contributed by atoms with Crippen LogP contribution in [0.25, 0.3) is 10.9 Å². The van der Waals surface area contributed by atoms with Gasteiger partial charge in [-0.05, 0) is 50.5 Å². The van der Waals surface area contributed by atoms with Crippen LogP contribution in [0.5, 0.6) is 0 Å². The Labute approximate surface area is 199 Å². The third kappa shape index (κ3) is 4.45. The molecule has 1 aliphatic rings. The fraction of sp³-hybridized carbons (Fsp3) is 0.375. The number of nitrogens with zero attached hydrogens (tertiary/aromatic N) is 2. The summed E-state index contributed by atoms with van der Waals surface area (Å²) in [5.74, 6) is -1.07. The number of hydrogen-bond donors (Lipinski definition) is 1. The van der Waals surface area contributed by atoms with E-state index in [9.17, 15) is 19.2 Å². The van der Waals surface area contributed by atoms with Crippen molar-refractivity contribution in [1.29, 1.82) is 0 Å². The molecule has 0 bridgehead atoms. The molecule has 0 aliphatic carbocycles. The van der Waals surface area contributed by atoms with Crippen molar-refractivity contribution in [3.63, 3.8) is 0 Å². The molecule has 34 heavy (non-hydrogen) atoms. The van der Waals surface area contributed by atoms with Crippen molar-refractivity contribution in [2.45, 2.75) is 46.6 Å². The first-order valence-electron chi connectivity index (χ1n) is 11.1. The maximum atomic E-state index is 12.6. The van der Waals surface area contributed by atoms with E-state index in [1.54, 1.807) is 17.6 Å². The number of ether oxygens (including phenoxy) is 2. The van der Waals surface area contributed by atoms with Crippen molar-refractivity contribution in [2.75, 3.05) is 18.5 Å². The van der Waals surface area contributed by atoms with E-state index in [1.165, 1.54) is 23.5 Å². The van der Waals surface area contributed by atoms with Crippen molar-refractivity contribution < 1.29 is 23.9 Å². The largest absolute Gasteiger partial charge is 0.462 e. The number of benzene rings is 1. The second-order valence-electron chi connectivity index (χ2n) is 7.86. The van der Waals surface area contributed by atoms with Crippen molar-refractivity contribution in [3.05, 3.63) is 55.9 Å². The fourth-order valence-corrected chi connectivity index (χ4v) is 5.25. The molecule has 0 saturated heterocycles. The Bertz CT molecular complexity index is 1360. The smallest absolute Gasteiger partial charge is 0.341 e. The number of hydrogen-bond acceptors (Lipinski definition) is 8. The van der Waals surface area contributed by atoms with E-state index in [4.69, 9.17) is 9.47 Å². The highest BCUT2D eigenvalue weighted by atomic mass is 32.1. The second-order valence-corrected chi connectivity index (χ2v) is 9.08. The first kappa shape index (κ1) is 23.6. The number of aromatic nitrogens is 2. The summed E-state index contributed by atoms with van der Waals surface area (Å²) in [7, 11) is 0. The molecule has 3 aromatic rings. The van der Waals surface area contributed by atoms with Crippen LogP contribution in [0.4, 0.5) is 5.00 Å². The van der Waals surface area contributed by atoms with Crippen LogP contribution in [-0.4, -0.2) is 40.6 Å². The molecule has 0 fully saturated rings. The minimum absolute atomic E-state index is 0.119. The summed E-state index contributed by atoms with van der Waals surface area (Å²) in [5, 5.41) is 3.47. The molecule has 1 aromatic carbocycles. The Kier molecular flexibility index (Phi) is 6.78. The summed E-state index contributed by atoms with van der Waals surface area (Å²) in [4.78, 5) is 55.4. The van der Waals surface area contributed by atoms with Gasteiger partial charge in [0.25, 0.3) is 11.5 Å². The zero-order valence-corrected chi connectivity index (χ0v) is 20.0. The molecule has 3 heterocycles. The highest BCUT2D eigenvalue weighted by Gasteiger charge is 2.24. The molecule has 9 nitrogen and oxygen atoms in total. The van der Waals surface area contributed by atoms with Gasteiger partial charge in [0.1, 0.15) is 10.8 Å². The normalized spacial score (nSPS) is 12.4. The molecule has 10 heteroatoms. The van der Waals surface area contributed by atoms with Crippen LogP contribution in [0, 0.1) is 6.92 Å². The number of fused-ring (bicyclic) bond motifs is 2. The number of carbonyl (C=O) groups is 3. The fourth-order valence-electron chi connectivity index (χ4n) is 4.10. The minimum atomic E-state index is -0.707. The molecular weight excluding hydrogens is 458 g/mol. The van der Waals surface area contributed by atoms with Crippen LogP contribution in [0.1, 0.15) is 57.2 Å². The molecule has 1 N–H and O–H groups in total. The SMILES string of the molecule is CCOC(=O)c1c(NC(=O)COC(=O)c2ccc3c(=O)n4c(nc3c2)CCC4)sc(C)c1CC. The molecule has 0 unspecified atom stereocenters. The summed E-state index contributed by atoms with van der Waals surface area (Å²) >= 11 is 1.28. The Hall–Kier alpha value is -3.53. The first-order chi connectivity index (χ1) is 16.3. The number of thiophene rings is 1. The average molecular weight is 484 g/mol. The standard InChI is InChI=1S/C24H25N3O6S/c1-4-15-13(3)34-21(20(15)24(31)32-5-2)26-19(28)12-33-23(30)14-8-9-16-17(11-14)25-18-7-6-10-27(18)22(16)29/h8-9,11H,4-7,10,12H2,1-3H3,(H,26,28). The van der Waals surface area contributed by atoms with Crippen LogP contribution < -0.4 is 10.9 Å². The van der Waals surface area contributed by atoms with E-state index in [2.05, 4.69) is 10.3 Å². The highest BCUT2D eigenvalue weighted by Crippen LogP contribution is 2.34. The molecule has 4 rings (SSSR count). The van der Waals surface area contributed by atoms with E-state index in [0.717, 1.165) is 23.3 Å². The van der Waals surface area contributed by atoms with Gasteiger partial charge in [-0.1, -0.05) is 6.92 Å². The lowest BCUT2D eigenvalue weighted by Gasteiger charge is -2.09. The quantitative estimate of drug-likeness (QED) is 0.513. The number of esters is 2. The lowest BCUT2D eigenvalue weighted by atomic mass is 10.1. The zero-order chi connectivity index (χ0) is 24.4. The van der Waals surface area contributed by atoms with Gasteiger partial charge in [0, 0.05) is 17.8 Å². The molecule has 1 aliphatic heterocycles. The first-order valence-corrected chi connectivity index (χ1v) is 12.0. The Morgan fingerprint density at radius 3 is 2.71 bits per heavy atom. The summed E-state index contributed by atoms with van der Waals surface area (Å²) in [6, 6.07) is 4.55. The van der Waals surface area contributed by atoms with Crippen LogP contribution in [0.15, 0.2) is 23.0 Å². The van der Waals surface area contributed by atoms with Crippen molar-refractivity contribution in [1.82, 2.24) is 9.55 Å². The van der Waals surface area contributed by atoms with E-state index >= 15 is 0 Å². The number of aryl methyl sites for hydroxylation is 2. The predicted molar refractivity (Wildman–Crippen MR) is 128 cm³/mol. The van der Waals surface area contributed by atoms with Gasteiger partial charge in [0.05, 0.1) is 28.6 Å². The predicted octanol–water partition coefficient (Wildman–Crippen LogP) is 3.25. The molecule has 0 spiro atoms. The number of amides is 1. The van der Waals surface area contributed by atoms with Gasteiger partial charge in [0.2, 0.25) is 0 Å². The lowest BCUT2D eigenvalue weighted by molar-refractivity contribution is -0.119. The van der Waals surface area contributed by atoms with Crippen LogP contribution in [-0.2, 0) is 33.7 Å². The van der Waals surface area contributed by atoms with Gasteiger partial charge in [-0.3, -0.25) is 14.2 Å². The zero-order valence-electron chi connectivity index (χ0n) is 19.2. The van der Waals surface area contributed by atoms with Crippen LogP contribution in [0.3, 0.4) is 0 Å². The molecule has 0 radical (unpaired) electrons. The van der Waals surface area contributed by atoms with E-state index in [-0.39, 0.29) is 17.7 Å². The summed E-state index contributed by atoms with van der Waals surface area (Å²) in [5.41, 5.74) is 1.67. The number of rotatable bonds is 7. The number of anilines is 1. The van der Waals surface area contributed by atoms with Gasteiger partial charge in [0.15, 0.2) is 6.61 Å². The summed E-state index contributed by atoms with van der Waals surface area (Å²) in [6.07, 6.45) is 2.20. The second kappa shape index (κ2) is 9.76. The Morgan fingerprint density at radius 2 is 1.97 bits per heavy atom. The third-order valence-electron chi connectivity index (χ3n) is 5.68. The maximum Gasteiger partial charge on any atom is 0.341 e. The van der Waals surface area contributed by atoms with E-state index in [1.807, 2.05) is 13.8 Å². The van der Waals surface area contributed by atoms with Gasteiger partial charge < -0.3 is 14.8 Å². The molecule has 1 amide bonds. The summed E-state index contributed by atoms with van der Waals surface area (Å²) < 4.78 is 12.0. The number of carbonyl (C=O) groups excluding carboxylic acids is 3. The Morgan fingerprint density at radius 1 is 1.18 bits per heavy atom. The van der Waals surface area contributed by atoms with Gasteiger partial charge in [-0.2, -0.15) is 0 Å². The Balaban J connectivity index is 1.46. The molecule has 0 atom stereocenters. The summed E-state index contributed by atoms with van der Waals surface area (Å²) in [6.45, 7) is 5.85. The minimum Gasteiger partial charge on any atom is -0.462 e. The van der Waals surface area contributed by atoms with Crippen molar-refractivity contribution in [2.24, 2.45) is 0 Å². The van der Waals surface area contributed by atoms with Gasteiger partial charge in [-0.25, -0.2) is 14.6 Å². The average Bonchev–Trinajstić information content (AvgIpc) is 3.41. The van der Waals surface area contributed by atoms with Crippen LogP contribution >= 0.6 is 11.3 Å². The molecular formula is C24H25N3O6S. The highest BCUT2D eigenvalue weighted by molar-refractivity contribution is 7.16. The monoisotopic (exact) mass is 483 g/mol. The lowest BCUT2D eigenvalue weighted by Crippen LogP contribution is -2.22. The molecule has 2 aromatic heterocycles. The maximum absolute atomic E-state index is 12.6. The van der Waals surface area contributed by atoms with E-state index < -0.39 is 24.5 Å². The molecule has 0 saturated carbocycles. The van der Waals surface area contributed by atoms with Gasteiger partial charge in [-0.15, -0.1) is 11.3 Å². The van der Waals surface area contributed by atoms with E-state index in [0.29, 0.717) is 40.3 Å². The van der Waals surface area contributed by atoms with Crippen LogP contribution in [0.2, 0.25) is 0 Å². The number of nitrogens with one attached hydrogen (secondary N) is 1. The molecule has 178 valence electrons. The van der Waals surface area contributed by atoms with Gasteiger partial charge >= 0.3 is 11.9 Å². The third-order valence-corrected chi connectivity index (χ3v) is 6.74. The topological polar surface area (TPSA) is 117 Å². The van der Waals surface area contributed by atoms with Crippen molar-refractivity contribution >= 4 is 45.1 Å². The van der Waals surface area contributed by atoms with Crippen molar-refractivity contribution in [3.8, 4) is 0 Å².